The minimum atomic E-state index is -0.281. The van der Waals surface area contributed by atoms with E-state index in [1.165, 1.54) is 0 Å². The summed E-state index contributed by atoms with van der Waals surface area (Å²) in [6.45, 7) is 1.89. The smallest absolute Gasteiger partial charge is 0.257 e. The third-order valence-electron chi connectivity index (χ3n) is 5.07. The third-order valence-corrected chi connectivity index (χ3v) is 5.07. The lowest BCUT2D eigenvalue weighted by Crippen LogP contribution is -2.13. The van der Waals surface area contributed by atoms with E-state index in [1.807, 2.05) is 44.3 Å². The van der Waals surface area contributed by atoms with Gasteiger partial charge in [-0.3, -0.25) is 9.48 Å². The molecule has 7 heteroatoms. The number of carbonyl (C=O) groups is 1. The summed E-state index contributed by atoms with van der Waals surface area (Å²) in [5.74, 6) is 0.278. The van der Waals surface area contributed by atoms with Gasteiger partial charge in [-0.1, -0.05) is 18.2 Å². The molecule has 0 bridgehead atoms. The zero-order valence-electron chi connectivity index (χ0n) is 16.2. The number of nitrogens with zero attached hydrogens (tertiary/aromatic N) is 3. The molecule has 0 aliphatic rings. The van der Waals surface area contributed by atoms with Gasteiger partial charge in [-0.15, -0.1) is 0 Å². The Hall–Kier alpha value is -3.87. The van der Waals surface area contributed by atoms with Gasteiger partial charge in [0, 0.05) is 35.5 Å². The normalized spacial score (nSPS) is 11.4. The number of nitrogens with one attached hydrogen (secondary N) is 1. The number of anilines is 1. The summed E-state index contributed by atoms with van der Waals surface area (Å²) < 4.78 is 13.1. The lowest BCUT2D eigenvalue weighted by molar-refractivity contribution is 0.102. The van der Waals surface area contributed by atoms with E-state index in [-0.39, 0.29) is 5.91 Å². The van der Waals surface area contributed by atoms with Gasteiger partial charge in [-0.2, -0.15) is 5.10 Å². The summed E-state index contributed by atoms with van der Waals surface area (Å²) in [5.41, 5.74) is 4.01. The number of para-hydroxylation sites is 1. The van der Waals surface area contributed by atoms with Gasteiger partial charge < -0.3 is 14.5 Å². The third kappa shape index (κ3) is 2.70. The van der Waals surface area contributed by atoms with Crippen molar-refractivity contribution in [2.24, 2.45) is 7.05 Å². The summed E-state index contributed by atoms with van der Waals surface area (Å²) in [6, 6.07) is 13.3. The zero-order valence-corrected chi connectivity index (χ0v) is 16.2. The first-order valence-electron chi connectivity index (χ1n) is 9.15. The van der Waals surface area contributed by atoms with Crippen molar-refractivity contribution in [2.45, 2.75) is 6.92 Å². The highest BCUT2D eigenvalue weighted by Crippen LogP contribution is 2.36. The van der Waals surface area contributed by atoms with Crippen LogP contribution in [0.25, 0.3) is 33.0 Å². The molecular formula is C22H18N4O3. The van der Waals surface area contributed by atoms with Gasteiger partial charge in [0.25, 0.3) is 5.91 Å². The molecule has 0 saturated heterocycles. The van der Waals surface area contributed by atoms with Crippen LogP contribution in [0.15, 0.2) is 53.1 Å². The second-order valence-corrected chi connectivity index (χ2v) is 6.91. The Labute approximate surface area is 165 Å². The van der Waals surface area contributed by atoms with E-state index in [1.54, 1.807) is 30.1 Å². The molecule has 1 N–H and O–H groups in total. The molecule has 3 heterocycles. The maximum Gasteiger partial charge on any atom is 0.257 e. The number of hydrogen-bond donors (Lipinski definition) is 1. The van der Waals surface area contributed by atoms with Gasteiger partial charge in [0.05, 0.1) is 24.1 Å². The van der Waals surface area contributed by atoms with E-state index in [9.17, 15) is 4.79 Å². The first-order valence-corrected chi connectivity index (χ1v) is 9.15. The van der Waals surface area contributed by atoms with E-state index >= 15 is 0 Å². The Kier molecular flexibility index (Phi) is 3.77. The zero-order chi connectivity index (χ0) is 20.1. The molecule has 7 nitrogen and oxygen atoms in total. The van der Waals surface area contributed by atoms with E-state index in [0.717, 1.165) is 33.1 Å². The van der Waals surface area contributed by atoms with Crippen molar-refractivity contribution in [3.63, 3.8) is 0 Å². The average Bonchev–Trinajstić information content (AvgIpc) is 3.23. The number of carbonyl (C=O) groups excluding carboxylic acids is 1. The summed E-state index contributed by atoms with van der Waals surface area (Å²) in [4.78, 5) is 17.3. The van der Waals surface area contributed by atoms with Crippen molar-refractivity contribution >= 4 is 44.6 Å². The van der Waals surface area contributed by atoms with E-state index in [2.05, 4.69) is 15.4 Å². The topological polar surface area (TPSA) is 82.2 Å². The molecule has 144 valence electrons. The molecule has 29 heavy (non-hydrogen) atoms. The molecule has 5 aromatic rings. The van der Waals surface area contributed by atoms with E-state index < -0.39 is 0 Å². The fraction of sp³-hybridized carbons (Fsp3) is 0.136. The second kappa shape index (κ2) is 6.34. The van der Waals surface area contributed by atoms with Gasteiger partial charge in [0.1, 0.15) is 16.9 Å². The van der Waals surface area contributed by atoms with Crippen LogP contribution >= 0.6 is 0 Å². The van der Waals surface area contributed by atoms with Crippen molar-refractivity contribution in [1.82, 2.24) is 14.8 Å². The largest absolute Gasteiger partial charge is 0.495 e. The van der Waals surface area contributed by atoms with Crippen LogP contribution in [0.1, 0.15) is 16.1 Å². The van der Waals surface area contributed by atoms with Crippen LogP contribution in [0, 0.1) is 6.92 Å². The quantitative estimate of drug-likeness (QED) is 0.496. The Morgan fingerprint density at radius 2 is 1.93 bits per heavy atom. The molecule has 3 aromatic heterocycles. The highest BCUT2D eigenvalue weighted by molar-refractivity contribution is 6.10. The highest BCUT2D eigenvalue weighted by atomic mass is 16.5. The lowest BCUT2D eigenvalue weighted by Gasteiger charge is -2.10. The van der Waals surface area contributed by atoms with E-state index in [4.69, 9.17) is 9.15 Å². The van der Waals surface area contributed by atoms with Crippen LogP contribution in [0.2, 0.25) is 0 Å². The van der Waals surface area contributed by atoms with Crippen LogP contribution < -0.4 is 10.1 Å². The molecule has 0 spiro atoms. The number of methoxy groups -OCH3 is 1. The standard InChI is InChI=1S/C22H18N4O3/c1-12-15-8-13(11-23-21(15)26(2)25-12)22(27)24-17-10-19-16(9-20(17)28-3)14-6-4-5-7-18(14)29-19/h4-11H,1-3H3,(H,24,27). The molecule has 0 aliphatic heterocycles. The maximum atomic E-state index is 12.9. The molecule has 0 saturated carbocycles. The van der Waals surface area contributed by atoms with Crippen molar-refractivity contribution < 1.29 is 13.9 Å². The fourth-order valence-electron chi connectivity index (χ4n) is 3.64. The SMILES string of the molecule is COc1cc2c(cc1NC(=O)c1cnc3c(c1)c(C)nn3C)oc1ccccc12. The molecular weight excluding hydrogens is 368 g/mol. The van der Waals surface area contributed by atoms with Crippen LogP contribution in [0.4, 0.5) is 5.69 Å². The number of amides is 1. The number of hydrogen-bond acceptors (Lipinski definition) is 5. The monoisotopic (exact) mass is 386 g/mol. The van der Waals surface area contributed by atoms with Crippen LogP contribution in [-0.4, -0.2) is 27.8 Å². The second-order valence-electron chi connectivity index (χ2n) is 6.91. The molecule has 0 fully saturated rings. The number of pyridine rings is 1. The Balaban J connectivity index is 1.56. The van der Waals surface area contributed by atoms with E-state index in [0.29, 0.717) is 22.6 Å². The molecule has 5 rings (SSSR count). The number of rotatable bonds is 3. The maximum absolute atomic E-state index is 12.9. The molecule has 0 aliphatic carbocycles. The van der Waals surface area contributed by atoms with Crippen molar-refractivity contribution in [2.75, 3.05) is 12.4 Å². The Bertz CT molecular complexity index is 1410. The summed E-state index contributed by atoms with van der Waals surface area (Å²) in [6.07, 6.45) is 1.55. The Morgan fingerprint density at radius 3 is 2.76 bits per heavy atom. The first-order chi connectivity index (χ1) is 14.0. The number of furan rings is 1. The number of benzene rings is 2. The average molecular weight is 386 g/mol. The number of fused-ring (bicyclic) bond motifs is 4. The molecule has 0 atom stereocenters. The fourth-order valence-corrected chi connectivity index (χ4v) is 3.64. The number of aromatic nitrogens is 3. The van der Waals surface area contributed by atoms with Crippen LogP contribution in [-0.2, 0) is 7.05 Å². The predicted octanol–water partition coefficient (Wildman–Crippen LogP) is 4.44. The summed E-state index contributed by atoms with van der Waals surface area (Å²) in [5, 5.41) is 10.0. The van der Waals surface area contributed by atoms with Gasteiger partial charge in [0.2, 0.25) is 0 Å². The van der Waals surface area contributed by atoms with Crippen LogP contribution in [0.3, 0.4) is 0 Å². The van der Waals surface area contributed by atoms with Gasteiger partial charge in [-0.25, -0.2) is 4.98 Å². The van der Waals surface area contributed by atoms with Crippen molar-refractivity contribution in [3.05, 3.63) is 59.9 Å². The van der Waals surface area contributed by atoms with Gasteiger partial charge in [-0.05, 0) is 25.1 Å². The predicted molar refractivity (Wildman–Crippen MR) is 111 cm³/mol. The van der Waals surface area contributed by atoms with Gasteiger partial charge in [0.15, 0.2) is 5.65 Å². The first kappa shape index (κ1) is 17.2. The minimum absolute atomic E-state index is 0.281. The number of aryl methyl sites for hydroxylation is 2. The Morgan fingerprint density at radius 1 is 1.10 bits per heavy atom. The van der Waals surface area contributed by atoms with Crippen molar-refractivity contribution in [1.29, 1.82) is 0 Å². The molecule has 0 radical (unpaired) electrons. The summed E-state index contributed by atoms with van der Waals surface area (Å²) >= 11 is 0. The minimum Gasteiger partial charge on any atom is -0.495 e. The molecule has 1 amide bonds. The molecule has 0 unspecified atom stereocenters. The molecule has 2 aromatic carbocycles. The van der Waals surface area contributed by atoms with Gasteiger partial charge >= 0.3 is 0 Å². The van der Waals surface area contributed by atoms with Crippen molar-refractivity contribution in [3.8, 4) is 5.75 Å². The summed E-state index contributed by atoms with van der Waals surface area (Å²) in [7, 11) is 3.40. The number of ether oxygens (including phenoxy) is 1. The van der Waals surface area contributed by atoms with Crippen LogP contribution in [0.5, 0.6) is 5.75 Å². The lowest BCUT2D eigenvalue weighted by atomic mass is 10.1. The highest BCUT2D eigenvalue weighted by Gasteiger charge is 2.16.